The van der Waals surface area contributed by atoms with Crippen LogP contribution >= 0.6 is 11.3 Å². The van der Waals surface area contributed by atoms with Crippen LogP contribution in [0.25, 0.3) is 21.2 Å². The molecule has 4 aromatic rings. The summed E-state index contributed by atoms with van der Waals surface area (Å²) in [5.41, 5.74) is -4.69. The summed E-state index contributed by atoms with van der Waals surface area (Å²) in [5.74, 6) is -0.748. The summed E-state index contributed by atoms with van der Waals surface area (Å²) in [6.45, 7) is 0. The van der Waals surface area contributed by atoms with Crippen LogP contribution in [0.15, 0.2) is 66.0 Å². The number of alkyl halides is 3. The number of methoxy groups -OCH3 is 2. The molecule has 0 amide bonds. The van der Waals surface area contributed by atoms with Crippen molar-refractivity contribution in [1.82, 2.24) is 0 Å². The molecule has 3 aromatic carbocycles. The first kappa shape index (κ1) is 24.6. The van der Waals surface area contributed by atoms with Gasteiger partial charge in [0, 0.05) is 32.7 Å². The van der Waals surface area contributed by atoms with Gasteiger partial charge in [0.05, 0.1) is 19.8 Å². The zero-order valence-corrected chi connectivity index (χ0v) is 19.9. The SMILES string of the molecule is COc1ccc(-c2cc(OS(=O)(=O)C(F)(F)F)cc(OC)c2C(=O)c2csc3ccccc23)cc1. The Hall–Kier alpha value is -3.57. The molecule has 0 radical (unpaired) electrons. The molecule has 0 fully saturated rings. The molecule has 182 valence electrons. The lowest BCUT2D eigenvalue weighted by molar-refractivity contribution is -0.0500. The van der Waals surface area contributed by atoms with Crippen LogP contribution < -0.4 is 13.7 Å². The number of rotatable bonds is 7. The number of ketones is 1. The normalized spacial score (nSPS) is 11.9. The molecule has 4 rings (SSSR count). The molecule has 0 spiro atoms. The van der Waals surface area contributed by atoms with Crippen LogP contribution in [0.2, 0.25) is 0 Å². The van der Waals surface area contributed by atoms with Gasteiger partial charge in [-0.2, -0.15) is 21.6 Å². The van der Waals surface area contributed by atoms with Crippen LogP contribution in [0.1, 0.15) is 15.9 Å². The van der Waals surface area contributed by atoms with E-state index in [2.05, 4.69) is 4.18 Å². The fourth-order valence-electron chi connectivity index (χ4n) is 3.49. The summed E-state index contributed by atoms with van der Waals surface area (Å²) in [4.78, 5) is 13.7. The highest BCUT2D eigenvalue weighted by molar-refractivity contribution is 7.88. The van der Waals surface area contributed by atoms with E-state index < -0.39 is 27.2 Å². The molecular formula is C24H17F3O6S2. The van der Waals surface area contributed by atoms with Crippen LogP contribution in [0.5, 0.6) is 17.2 Å². The van der Waals surface area contributed by atoms with E-state index >= 15 is 0 Å². The standard InChI is InChI=1S/C24H17F3O6S2/c1-31-15-9-7-14(8-10-15)18-11-16(33-35(29,30)24(25,26)27)12-20(32-2)22(18)23(28)19-13-34-21-6-4-3-5-17(19)21/h3-13H,1-2H3. The van der Waals surface area contributed by atoms with Crippen molar-refractivity contribution in [3.8, 4) is 28.4 Å². The topological polar surface area (TPSA) is 78.9 Å². The van der Waals surface area contributed by atoms with Gasteiger partial charge in [0.1, 0.15) is 17.2 Å². The molecular weight excluding hydrogens is 505 g/mol. The fourth-order valence-corrected chi connectivity index (χ4v) is 4.88. The first-order valence-corrected chi connectivity index (χ1v) is 12.2. The highest BCUT2D eigenvalue weighted by Gasteiger charge is 2.48. The lowest BCUT2D eigenvalue weighted by Crippen LogP contribution is -2.28. The van der Waals surface area contributed by atoms with Gasteiger partial charge >= 0.3 is 15.6 Å². The molecule has 0 aliphatic carbocycles. The third-order valence-corrected chi connectivity index (χ3v) is 7.08. The third-order valence-electron chi connectivity index (χ3n) is 5.14. The van der Waals surface area contributed by atoms with E-state index in [1.165, 1.54) is 25.6 Å². The Balaban J connectivity index is 1.94. The molecule has 11 heteroatoms. The fraction of sp³-hybridized carbons (Fsp3) is 0.125. The van der Waals surface area contributed by atoms with Gasteiger partial charge in [-0.05, 0) is 29.8 Å². The Kier molecular flexibility index (Phi) is 6.48. The van der Waals surface area contributed by atoms with E-state index in [0.29, 0.717) is 22.3 Å². The minimum atomic E-state index is -5.95. The van der Waals surface area contributed by atoms with E-state index in [0.717, 1.165) is 16.8 Å². The first-order valence-electron chi connectivity index (χ1n) is 9.94. The highest BCUT2D eigenvalue weighted by atomic mass is 32.2. The Morgan fingerprint density at radius 2 is 1.60 bits per heavy atom. The van der Waals surface area contributed by atoms with Crippen molar-refractivity contribution in [2.75, 3.05) is 14.2 Å². The summed E-state index contributed by atoms with van der Waals surface area (Å²) >= 11 is 1.36. The average Bonchev–Trinajstić information content (AvgIpc) is 3.26. The van der Waals surface area contributed by atoms with Gasteiger partial charge in [-0.3, -0.25) is 4.79 Å². The molecule has 0 unspecified atom stereocenters. The molecule has 0 N–H and O–H groups in total. The summed E-state index contributed by atoms with van der Waals surface area (Å²) in [7, 11) is -3.27. The molecule has 0 bridgehead atoms. The molecule has 0 saturated carbocycles. The maximum absolute atomic E-state index is 13.7. The number of fused-ring (bicyclic) bond motifs is 1. The number of hydrogen-bond donors (Lipinski definition) is 0. The van der Waals surface area contributed by atoms with Crippen LogP contribution in [0.3, 0.4) is 0 Å². The summed E-state index contributed by atoms with van der Waals surface area (Å²) in [5, 5.41) is 2.38. The summed E-state index contributed by atoms with van der Waals surface area (Å²) in [6.07, 6.45) is 0. The number of thiophene rings is 1. The van der Waals surface area contributed by atoms with Crippen molar-refractivity contribution in [3.05, 3.63) is 77.2 Å². The number of hydrogen-bond acceptors (Lipinski definition) is 7. The van der Waals surface area contributed by atoms with E-state index in [9.17, 15) is 26.4 Å². The lowest BCUT2D eigenvalue weighted by atomic mass is 9.92. The second-order valence-corrected chi connectivity index (χ2v) is 9.68. The summed E-state index contributed by atoms with van der Waals surface area (Å²) in [6, 6.07) is 15.6. The predicted octanol–water partition coefficient (Wildman–Crippen LogP) is 6.04. The highest BCUT2D eigenvalue weighted by Crippen LogP contribution is 2.40. The molecule has 1 heterocycles. The van der Waals surface area contributed by atoms with E-state index in [1.54, 1.807) is 41.8 Å². The lowest BCUT2D eigenvalue weighted by Gasteiger charge is -2.17. The van der Waals surface area contributed by atoms with E-state index in [-0.39, 0.29) is 16.9 Å². The maximum Gasteiger partial charge on any atom is 0.534 e. The molecule has 0 aliphatic heterocycles. The predicted molar refractivity (Wildman–Crippen MR) is 126 cm³/mol. The Morgan fingerprint density at radius 1 is 0.914 bits per heavy atom. The van der Waals surface area contributed by atoms with E-state index in [4.69, 9.17) is 9.47 Å². The second kappa shape index (κ2) is 9.23. The Morgan fingerprint density at radius 3 is 2.23 bits per heavy atom. The van der Waals surface area contributed by atoms with Crippen LogP contribution in [0, 0.1) is 0 Å². The number of carbonyl (C=O) groups excluding carboxylic acids is 1. The minimum absolute atomic E-state index is 0.0398. The van der Waals surface area contributed by atoms with Crippen LogP contribution in [-0.2, 0) is 10.1 Å². The van der Waals surface area contributed by atoms with Crippen molar-refractivity contribution < 1.29 is 40.0 Å². The van der Waals surface area contributed by atoms with Gasteiger partial charge in [0.2, 0.25) is 0 Å². The molecule has 0 saturated heterocycles. The van der Waals surface area contributed by atoms with Crippen molar-refractivity contribution in [1.29, 1.82) is 0 Å². The van der Waals surface area contributed by atoms with Gasteiger partial charge in [0.15, 0.2) is 5.78 Å². The minimum Gasteiger partial charge on any atom is -0.497 e. The summed E-state index contributed by atoms with van der Waals surface area (Å²) < 4.78 is 77.8. The second-order valence-electron chi connectivity index (χ2n) is 7.23. The van der Waals surface area contributed by atoms with Crippen molar-refractivity contribution in [2.45, 2.75) is 5.51 Å². The molecule has 35 heavy (non-hydrogen) atoms. The van der Waals surface area contributed by atoms with Gasteiger partial charge in [-0.1, -0.05) is 30.3 Å². The quantitative estimate of drug-likeness (QED) is 0.167. The first-order chi connectivity index (χ1) is 16.6. The van der Waals surface area contributed by atoms with Crippen LogP contribution in [-0.4, -0.2) is 33.9 Å². The molecule has 6 nitrogen and oxygen atoms in total. The van der Waals surface area contributed by atoms with Gasteiger partial charge in [-0.25, -0.2) is 0 Å². The Bertz CT molecular complexity index is 1510. The zero-order valence-electron chi connectivity index (χ0n) is 18.3. The van der Waals surface area contributed by atoms with Crippen molar-refractivity contribution >= 4 is 37.3 Å². The molecule has 0 atom stereocenters. The maximum atomic E-state index is 13.7. The third kappa shape index (κ3) is 4.69. The van der Waals surface area contributed by atoms with Gasteiger partial charge in [0.25, 0.3) is 0 Å². The van der Waals surface area contributed by atoms with Crippen molar-refractivity contribution in [3.63, 3.8) is 0 Å². The molecule has 1 aromatic heterocycles. The number of carbonyl (C=O) groups is 1. The largest absolute Gasteiger partial charge is 0.534 e. The van der Waals surface area contributed by atoms with Gasteiger partial charge < -0.3 is 13.7 Å². The monoisotopic (exact) mass is 522 g/mol. The Labute approximate surface area is 202 Å². The average molecular weight is 523 g/mol. The molecule has 0 aliphatic rings. The van der Waals surface area contributed by atoms with Crippen LogP contribution in [0.4, 0.5) is 13.2 Å². The van der Waals surface area contributed by atoms with E-state index in [1.807, 2.05) is 12.1 Å². The number of ether oxygens (including phenoxy) is 2. The van der Waals surface area contributed by atoms with Crippen molar-refractivity contribution in [2.24, 2.45) is 0 Å². The number of benzene rings is 3. The van der Waals surface area contributed by atoms with Gasteiger partial charge in [-0.15, -0.1) is 11.3 Å². The zero-order chi connectivity index (χ0) is 25.4. The smallest absolute Gasteiger partial charge is 0.497 e. The number of halogens is 3.